The van der Waals surface area contributed by atoms with Gasteiger partial charge in [0.1, 0.15) is 4.91 Å². The van der Waals surface area contributed by atoms with E-state index in [-0.39, 0.29) is 4.91 Å². The third kappa shape index (κ3) is 3.14. The van der Waals surface area contributed by atoms with Crippen LogP contribution < -0.4 is 4.90 Å². The Morgan fingerprint density at radius 1 is 0.821 bits per heavy atom. The number of aryl methyl sites for hydroxylation is 1. The fourth-order valence-electron chi connectivity index (χ4n) is 3.35. The van der Waals surface area contributed by atoms with Gasteiger partial charge in [0, 0.05) is 5.69 Å². The van der Waals surface area contributed by atoms with E-state index in [1.54, 1.807) is 48.5 Å². The Labute approximate surface area is 164 Å². The molecule has 0 spiro atoms. The van der Waals surface area contributed by atoms with Gasteiger partial charge in [0.05, 0.1) is 0 Å². The fourth-order valence-corrected chi connectivity index (χ4v) is 5.24. The predicted octanol–water partition coefficient (Wildman–Crippen LogP) is 4.50. The summed E-state index contributed by atoms with van der Waals surface area (Å²) in [5.41, 5.74) is 2.86. The van der Waals surface area contributed by atoms with Crippen LogP contribution in [-0.4, -0.2) is 14.3 Å². The van der Waals surface area contributed by atoms with Gasteiger partial charge >= 0.3 is 0 Å². The van der Waals surface area contributed by atoms with Crippen LogP contribution in [0.1, 0.15) is 22.1 Å². The molecular formula is C23H19NO3S. The second-order valence-corrected chi connectivity index (χ2v) is 8.71. The second kappa shape index (κ2) is 7.09. The van der Waals surface area contributed by atoms with Crippen LogP contribution >= 0.6 is 0 Å². The molecule has 0 bridgehead atoms. The maximum atomic E-state index is 13.4. The lowest BCUT2D eigenvalue weighted by Gasteiger charge is -2.23. The number of para-hydroxylation sites is 1. The molecule has 1 atom stereocenters. The Kier molecular flexibility index (Phi) is 4.61. The summed E-state index contributed by atoms with van der Waals surface area (Å²) in [6.45, 7) is 1.96. The third-order valence-corrected chi connectivity index (χ3v) is 6.74. The van der Waals surface area contributed by atoms with Crippen molar-refractivity contribution in [2.45, 2.75) is 12.3 Å². The van der Waals surface area contributed by atoms with Crippen LogP contribution in [0.2, 0.25) is 0 Å². The number of nitrogens with zero attached hydrogens (tertiary/aromatic N) is 1. The molecule has 0 radical (unpaired) electrons. The molecule has 3 aromatic rings. The van der Waals surface area contributed by atoms with E-state index in [0.717, 1.165) is 5.56 Å². The number of hydrogen-bond acceptors (Lipinski definition) is 3. The highest BCUT2D eigenvalue weighted by Crippen LogP contribution is 2.43. The first-order chi connectivity index (χ1) is 13.5. The minimum atomic E-state index is -3.90. The lowest BCUT2D eigenvalue weighted by atomic mass is 10.1. The zero-order valence-corrected chi connectivity index (χ0v) is 16.1. The number of amides is 1. The van der Waals surface area contributed by atoms with Crippen molar-refractivity contribution in [2.75, 3.05) is 4.90 Å². The number of carbonyl (C=O) groups excluding carboxylic acids is 1. The van der Waals surface area contributed by atoms with E-state index in [4.69, 9.17) is 0 Å². The molecule has 1 fully saturated rings. The van der Waals surface area contributed by atoms with Crippen LogP contribution in [0.15, 0.2) is 89.8 Å². The maximum absolute atomic E-state index is 13.4. The van der Waals surface area contributed by atoms with Gasteiger partial charge in [-0.3, -0.25) is 9.69 Å². The summed E-state index contributed by atoms with van der Waals surface area (Å²) in [5.74, 6) is -0.513. The molecule has 4 rings (SSSR count). The van der Waals surface area contributed by atoms with Gasteiger partial charge in [0.25, 0.3) is 5.91 Å². The number of hydrogen-bond donors (Lipinski definition) is 0. The summed E-state index contributed by atoms with van der Waals surface area (Å²) in [6.07, 6.45) is 1.47. The van der Waals surface area contributed by atoms with E-state index in [0.29, 0.717) is 16.8 Å². The second-order valence-electron chi connectivity index (χ2n) is 6.74. The monoisotopic (exact) mass is 389 g/mol. The van der Waals surface area contributed by atoms with Crippen LogP contribution in [0.5, 0.6) is 0 Å². The number of anilines is 1. The quantitative estimate of drug-likeness (QED) is 0.620. The van der Waals surface area contributed by atoms with E-state index in [1.807, 2.05) is 43.3 Å². The van der Waals surface area contributed by atoms with Crippen molar-refractivity contribution in [3.63, 3.8) is 0 Å². The number of sulfone groups is 1. The van der Waals surface area contributed by atoms with Crippen LogP contribution in [0, 0.1) is 6.92 Å². The van der Waals surface area contributed by atoms with Gasteiger partial charge in [-0.15, -0.1) is 0 Å². The summed E-state index contributed by atoms with van der Waals surface area (Å²) in [6, 6.07) is 25.2. The van der Waals surface area contributed by atoms with E-state index >= 15 is 0 Å². The van der Waals surface area contributed by atoms with Crippen molar-refractivity contribution < 1.29 is 13.2 Å². The van der Waals surface area contributed by atoms with Crippen molar-refractivity contribution >= 4 is 27.5 Å². The minimum absolute atomic E-state index is 0.186. The van der Waals surface area contributed by atoms with E-state index in [1.165, 1.54) is 11.0 Å². The topological polar surface area (TPSA) is 54.5 Å². The molecular weight excluding hydrogens is 370 g/mol. The standard InChI is InChI=1S/C23H19NO3S/c1-17-12-14-18(15-13-17)16-21-22(25)24(20-10-6-3-7-11-20)23(28(21,26)27)19-8-4-2-5-9-19/h2-16,23H,1H3/b21-16+. The lowest BCUT2D eigenvalue weighted by Crippen LogP contribution is -2.28. The fraction of sp³-hybridized carbons (Fsp3) is 0.0870. The van der Waals surface area contributed by atoms with Gasteiger partial charge < -0.3 is 0 Å². The summed E-state index contributed by atoms with van der Waals surface area (Å²) < 4.78 is 26.9. The Morgan fingerprint density at radius 3 is 2.00 bits per heavy atom. The molecule has 3 aromatic carbocycles. The molecule has 1 aliphatic heterocycles. The number of rotatable bonds is 3. The van der Waals surface area contributed by atoms with Gasteiger partial charge in [-0.05, 0) is 36.3 Å². The van der Waals surface area contributed by atoms with Crippen LogP contribution in [0.4, 0.5) is 5.69 Å². The Balaban J connectivity index is 1.90. The van der Waals surface area contributed by atoms with E-state index < -0.39 is 21.1 Å². The molecule has 5 heteroatoms. The normalized spacial score (nSPS) is 19.9. The van der Waals surface area contributed by atoms with Gasteiger partial charge in [-0.25, -0.2) is 8.42 Å². The molecule has 0 aromatic heterocycles. The molecule has 140 valence electrons. The molecule has 1 heterocycles. The highest BCUT2D eigenvalue weighted by atomic mass is 32.2. The average Bonchev–Trinajstić information content (AvgIpc) is 2.91. The zero-order valence-electron chi connectivity index (χ0n) is 15.3. The van der Waals surface area contributed by atoms with Gasteiger partial charge in [0.2, 0.25) is 9.84 Å². The summed E-state index contributed by atoms with van der Waals surface area (Å²) in [4.78, 5) is 14.4. The van der Waals surface area contributed by atoms with Gasteiger partial charge in [-0.1, -0.05) is 78.4 Å². The molecule has 0 aliphatic carbocycles. The molecule has 1 saturated heterocycles. The molecule has 1 unspecified atom stereocenters. The van der Waals surface area contributed by atoms with Crippen LogP contribution in [0.25, 0.3) is 6.08 Å². The first-order valence-corrected chi connectivity index (χ1v) is 10.5. The SMILES string of the molecule is Cc1ccc(/C=C2\C(=O)N(c3ccccc3)C(c3ccccc3)S2(=O)=O)cc1. The summed E-state index contributed by atoms with van der Waals surface area (Å²) >= 11 is 0. The van der Waals surface area contributed by atoms with Crippen LogP contribution in [0.3, 0.4) is 0 Å². The van der Waals surface area contributed by atoms with E-state index in [2.05, 4.69) is 0 Å². The maximum Gasteiger partial charge on any atom is 0.271 e. The van der Waals surface area contributed by atoms with Crippen LogP contribution in [-0.2, 0) is 14.6 Å². The van der Waals surface area contributed by atoms with Crippen molar-refractivity contribution in [1.82, 2.24) is 0 Å². The highest BCUT2D eigenvalue weighted by molar-refractivity contribution is 7.97. The smallest absolute Gasteiger partial charge is 0.271 e. The first-order valence-electron chi connectivity index (χ1n) is 8.94. The number of carbonyl (C=O) groups is 1. The molecule has 28 heavy (non-hydrogen) atoms. The summed E-state index contributed by atoms with van der Waals surface area (Å²) in [5, 5.41) is -1.08. The van der Waals surface area contributed by atoms with Crippen molar-refractivity contribution in [2.24, 2.45) is 0 Å². The Bertz CT molecular complexity index is 1140. The van der Waals surface area contributed by atoms with Crippen molar-refractivity contribution in [3.05, 3.63) is 107 Å². The Hall–Kier alpha value is -3.18. The Morgan fingerprint density at radius 2 is 1.39 bits per heavy atom. The minimum Gasteiger partial charge on any atom is -0.286 e. The van der Waals surface area contributed by atoms with Crippen molar-refractivity contribution in [3.8, 4) is 0 Å². The molecule has 1 aliphatic rings. The summed E-state index contributed by atoms with van der Waals surface area (Å²) in [7, 11) is -3.90. The highest BCUT2D eigenvalue weighted by Gasteiger charge is 2.50. The molecule has 1 amide bonds. The predicted molar refractivity (Wildman–Crippen MR) is 111 cm³/mol. The molecule has 0 N–H and O–H groups in total. The average molecular weight is 389 g/mol. The molecule has 0 saturated carbocycles. The zero-order chi connectivity index (χ0) is 19.7. The largest absolute Gasteiger partial charge is 0.286 e. The third-order valence-electron chi connectivity index (χ3n) is 4.76. The van der Waals surface area contributed by atoms with Gasteiger partial charge in [0.15, 0.2) is 5.37 Å². The number of benzene rings is 3. The molecule has 4 nitrogen and oxygen atoms in total. The van der Waals surface area contributed by atoms with E-state index in [9.17, 15) is 13.2 Å². The first kappa shape index (κ1) is 18.2. The van der Waals surface area contributed by atoms with Gasteiger partial charge in [-0.2, -0.15) is 0 Å². The van der Waals surface area contributed by atoms with Crippen molar-refractivity contribution in [1.29, 1.82) is 0 Å². The lowest BCUT2D eigenvalue weighted by molar-refractivity contribution is -0.114.